The predicted molar refractivity (Wildman–Crippen MR) is 117 cm³/mol. The molecule has 0 aliphatic heterocycles. The number of unbranched alkanes of at least 4 members (excludes halogenated alkanes) is 1. The summed E-state index contributed by atoms with van der Waals surface area (Å²) in [5.41, 5.74) is 2.12. The summed E-state index contributed by atoms with van der Waals surface area (Å²) in [6.45, 7) is 4.01. The van der Waals surface area contributed by atoms with Crippen LogP contribution in [0.5, 0.6) is 0 Å². The van der Waals surface area contributed by atoms with Crippen LogP contribution in [0.1, 0.15) is 69.6 Å². The second kappa shape index (κ2) is 11.7. The Morgan fingerprint density at radius 2 is 2.03 bits per heavy atom. The number of aliphatic hydroxyl groups excluding tert-OH is 2. The minimum atomic E-state index is -0.761. The van der Waals surface area contributed by atoms with Gasteiger partial charge in [-0.3, -0.25) is 4.79 Å². The van der Waals surface area contributed by atoms with Crippen molar-refractivity contribution < 1.29 is 20.1 Å². The molecule has 0 amide bonds. The zero-order valence-electron chi connectivity index (χ0n) is 17.5. The molecule has 2 rings (SSSR count). The van der Waals surface area contributed by atoms with E-state index in [1.54, 1.807) is 0 Å². The molecule has 1 aromatic rings. The molecule has 1 aromatic carbocycles. The number of hydrogen-bond donors (Lipinski definition) is 3. The van der Waals surface area contributed by atoms with Gasteiger partial charge >= 0.3 is 5.97 Å². The highest BCUT2D eigenvalue weighted by molar-refractivity contribution is 6.21. The van der Waals surface area contributed by atoms with Crippen molar-refractivity contribution in [1.82, 2.24) is 0 Å². The molecule has 4 nitrogen and oxygen atoms in total. The Hall–Kier alpha value is -1.36. The summed E-state index contributed by atoms with van der Waals surface area (Å²) >= 11 is 6.53. The third-order valence-electron chi connectivity index (χ3n) is 6.00. The molecule has 5 heteroatoms. The first-order valence-corrected chi connectivity index (χ1v) is 11.2. The van der Waals surface area contributed by atoms with Crippen LogP contribution in [-0.4, -0.2) is 32.8 Å². The van der Waals surface area contributed by atoms with Gasteiger partial charge in [0, 0.05) is 11.8 Å². The number of benzene rings is 1. The van der Waals surface area contributed by atoms with Crippen molar-refractivity contribution >= 4 is 17.6 Å². The number of carbonyl (C=O) groups is 1. The maximum absolute atomic E-state index is 10.6. The lowest BCUT2D eigenvalue weighted by atomic mass is 9.86. The zero-order valence-corrected chi connectivity index (χ0v) is 18.3. The van der Waals surface area contributed by atoms with Crippen LogP contribution in [0.4, 0.5) is 0 Å². The fraction of sp³-hybridized carbons (Fsp3) is 0.625. The van der Waals surface area contributed by atoms with Crippen LogP contribution >= 0.6 is 11.6 Å². The Balaban J connectivity index is 1.91. The molecule has 0 bridgehead atoms. The van der Waals surface area contributed by atoms with Gasteiger partial charge in [0.25, 0.3) is 0 Å². The average molecular weight is 423 g/mol. The highest BCUT2D eigenvalue weighted by Gasteiger charge is 2.40. The van der Waals surface area contributed by atoms with Crippen LogP contribution in [0.3, 0.4) is 0 Å². The van der Waals surface area contributed by atoms with Gasteiger partial charge in [-0.25, -0.2) is 0 Å². The van der Waals surface area contributed by atoms with E-state index < -0.39 is 12.1 Å². The number of aryl methyl sites for hydroxylation is 1. The summed E-state index contributed by atoms with van der Waals surface area (Å²) in [6, 6.07) is 8.10. The number of halogens is 1. The number of aliphatic carboxylic acids is 1. The molecular formula is C24H35ClO4. The van der Waals surface area contributed by atoms with E-state index in [1.807, 2.05) is 32.1 Å². The zero-order chi connectivity index (χ0) is 21.4. The third kappa shape index (κ3) is 7.44. The van der Waals surface area contributed by atoms with Gasteiger partial charge in [0.05, 0.1) is 12.2 Å². The summed E-state index contributed by atoms with van der Waals surface area (Å²) in [5, 5.41) is 29.5. The number of alkyl halides is 1. The van der Waals surface area contributed by atoms with Gasteiger partial charge in [-0.05, 0) is 67.4 Å². The molecule has 0 aromatic heterocycles. The van der Waals surface area contributed by atoms with Crippen molar-refractivity contribution in [2.24, 2.45) is 17.8 Å². The van der Waals surface area contributed by atoms with E-state index >= 15 is 0 Å². The van der Waals surface area contributed by atoms with E-state index in [-0.39, 0.29) is 35.7 Å². The van der Waals surface area contributed by atoms with Gasteiger partial charge in [-0.2, -0.15) is 0 Å². The van der Waals surface area contributed by atoms with Crippen LogP contribution in [0.25, 0.3) is 0 Å². The first-order valence-electron chi connectivity index (χ1n) is 10.8. The lowest BCUT2D eigenvalue weighted by Crippen LogP contribution is -2.21. The van der Waals surface area contributed by atoms with Crippen LogP contribution < -0.4 is 0 Å². The Kier molecular flexibility index (Phi) is 9.67. The summed E-state index contributed by atoms with van der Waals surface area (Å²) in [4.78, 5) is 10.6. The predicted octanol–water partition coefficient (Wildman–Crippen LogP) is 5.11. The highest BCUT2D eigenvalue weighted by atomic mass is 35.5. The molecule has 5 atom stereocenters. The SMILES string of the molecule is CC(C)C(O)c1cccc(CC[C@@H]2[C@@H](C/C=C\CCCC(=O)O)[C@H](Cl)C[C@H]2O)c1. The Morgan fingerprint density at radius 1 is 1.28 bits per heavy atom. The van der Waals surface area contributed by atoms with E-state index in [0.717, 1.165) is 31.2 Å². The van der Waals surface area contributed by atoms with Gasteiger partial charge < -0.3 is 15.3 Å². The standard InChI is InChI=1S/C24H35ClO4/c1-16(2)24(29)18-9-7-8-17(14-18)12-13-20-19(21(25)15-22(20)26)10-5-3-4-6-11-23(27)28/h3,5,7-9,14,16,19-22,24,26,29H,4,6,10-13,15H2,1-2H3,(H,27,28)/b5-3-/t19-,20-,21-,22-,24?/m1/s1. The van der Waals surface area contributed by atoms with E-state index in [9.17, 15) is 15.0 Å². The maximum Gasteiger partial charge on any atom is 0.303 e. The number of carboxylic acid groups (broad SMARTS) is 1. The molecule has 0 heterocycles. The Bertz CT molecular complexity index is 673. The first-order chi connectivity index (χ1) is 13.8. The van der Waals surface area contributed by atoms with E-state index in [1.165, 1.54) is 5.56 Å². The molecule has 0 saturated heterocycles. The third-order valence-corrected chi connectivity index (χ3v) is 6.50. The van der Waals surface area contributed by atoms with Gasteiger partial charge in [-0.1, -0.05) is 50.3 Å². The molecule has 1 aliphatic rings. The van der Waals surface area contributed by atoms with Crippen molar-refractivity contribution in [3.05, 3.63) is 47.5 Å². The van der Waals surface area contributed by atoms with Crippen LogP contribution in [0, 0.1) is 17.8 Å². The van der Waals surface area contributed by atoms with Crippen molar-refractivity contribution in [1.29, 1.82) is 0 Å². The van der Waals surface area contributed by atoms with Gasteiger partial charge in [-0.15, -0.1) is 11.6 Å². The first kappa shape index (κ1) is 23.9. The molecule has 0 spiro atoms. The average Bonchev–Trinajstić information content (AvgIpc) is 2.94. The molecular weight excluding hydrogens is 388 g/mol. The lowest BCUT2D eigenvalue weighted by molar-refractivity contribution is -0.137. The molecule has 1 unspecified atom stereocenters. The Morgan fingerprint density at radius 3 is 2.72 bits per heavy atom. The summed E-state index contributed by atoms with van der Waals surface area (Å²) in [6.07, 6.45) is 8.02. The largest absolute Gasteiger partial charge is 0.481 e. The smallest absolute Gasteiger partial charge is 0.303 e. The van der Waals surface area contributed by atoms with Gasteiger partial charge in [0.1, 0.15) is 0 Å². The van der Waals surface area contributed by atoms with Crippen LogP contribution in [0.15, 0.2) is 36.4 Å². The highest BCUT2D eigenvalue weighted by Crippen LogP contribution is 2.41. The number of carboxylic acids is 1. The Labute approximate surface area is 179 Å². The van der Waals surface area contributed by atoms with Crippen LogP contribution in [-0.2, 0) is 11.2 Å². The van der Waals surface area contributed by atoms with E-state index in [2.05, 4.69) is 18.2 Å². The second-order valence-electron chi connectivity index (χ2n) is 8.61. The fourth-order valence-electron chi connectivity index (χ4n) is 4.26. The molecule has 3 N–H and O–H groups in total. The monoisotopic (exact) mass is 422 g/mol. The molecule has 1 aliphatic carbocycles. The minimum Gasteiger partial charge on any atom is -0.481 e. The van der Waals surface area contributed by atoms with Crippen molar-refractivity contribution in [2.75, 3.05) is 0 Å². The fourth-order valence-corrected chi connectivity index (χ4v) is 4.73. The molecule has 0 radical (unpaired) electrons. The summed E-state index contributed by atoms with van der Waals surface area (Å²) in [7, 11) is 0. The lowest BCUT2D eigenvalue weighted by Gasteiger charge is -2.23. The van der Waals surface area contributed by atoms with E-state index in [4.69, 9.17) is 16.7 Å². The number of hydrogen-bond acceptors (Lipinski definition) is 3. The second-order valence-corrected chi connectivity index (χ2v) is 9.17. The van der Waals surface area contributed by atoms with Gasteiger partial charge in [0.15, 0.2) is 0 Å². The van der Waals surface area contributed by atoms with Crippen molar-refractivity contribution in [3.8, 4) is 0 Å². The number of aliphatic hydroxyl groups is 2. The minimum absolute atomic E-state index is 0.0345. The van der Waals surface area contributed by atoms with E-state index in [0.29, 0.717) is 12.8 Å². The van der Waals surface area contributed by atoms with Crippen molar-refractivity contribution in [3.63, 3.8) is 0 Å². The van der Waals surface area contributed by atoms with Crippen LogP contribution in [0.2, 0.25) is 0 Å². The molecule has 162 valence electrons. The summed E-state index contributed by atoms with van der Waals surface area (Å²) in [5.74, 6) is -0.208. The normalized spacial score (nSPS) is 25.7. The molecule has 1 saturated carbocycles. The summed E-state index contributed by atoms with van der Waals surface area (Å²) < 4.78 is 0. The molecule has 1 fully saturated rings. The van der Waals surface area contributed by atoms with Gasteiger partial charge in [0.2, 0.25) is 0 Å². The number of rotatable bonds is 11. The number of allylic oxidation sites excluding steroid dienone is 2. The quantitative estimate of drug-likeness (QED) is 0.263. The van der Waals surface area contributed by atoms with Crippen molar-refractivity contribution in [2.45, 2.75) is 76.4 Å². The maximum atomic E-state index is 10.6. The molecule has 29 heavy (non-hydrogen) atoms. The topological polar surface area (TPSA) is 77.8 Å².